The molecule has 2 rings (SSSR count). The lowest BCUT2D eigenvalue weighted by Gasteiger charge is -2.37. The second kappa shape index (κ2) is 8.23. The minimum absolute atomic E-state index is 0.0622. The number of likely N-dealkylation sites (N-methyl/N-ethyl adjacent to an activating group) is 1. The summed E-state index contributed by atoms with van der Waals surface area (Å²) >= 11 is 0. The fraction of sp³-hybridized carbons (Fsp3) is 0.579. The van der Waals surface area contributed by atoms with Crippen molar-refractivity contribution < 1.29 is 19.1 Å². The second-order valence-corrected chi connectivity index (χ2v) is 7.37. The average Bonchev–Trinajstić information content (AvgIpc) is 2.58. The van der Waals surface area contributed by atoms with Crippen molar-refractivity contribution in [1.82, 2.24) is 9.80 Å². The number of carbonyl (C=O) groups is 2. The van der Waals surface area contributed by atoms with Gasteiger partial charge in [0.2, 0.25) is 0 Å². The predicted molar refractivity (Wildman–Crippen MR) is 95.2 cm³/mol. The first-order valence-corrected chi connectivity index (χ1v) is 8.68. The minimum Gasteiger partial charge on any atom is -0.445 e. The van der Waals surface area contributed by atoms with Crippen molar-refractivity contribution in [3.8, 4) is 0 Å². The number of hydrogen-bond donors (Lipinski definition) is 0. The molecule has 1 aromatic carbocycles. The van der Waals surface area contributed by atoms with Crippen molar-refractivity contribution in [2.24, 2.45) is 0 Å². The van der Waals surface area contributed by atoms with E-state index in [0.717, 1.165) is 18.4 Å². The van der Waals surface area contributed by atoms with Gasteiger partial charge in [-0.2, -0.15) is 0 Å². The first-order chi connectivity index (χ1) is 11.8. The molecule has 6 heteroatoms. The molecule has 0 radical (unpaired) electrons. The number of likely N-dealkylation sites (tertiary alicyclic amines) is 1. The molecule has 1 aliphatic rings. The van der Waals surface area contributed by atoms with Gasteiger partial charge in [-0.15, -0.1) is 0 Å². The zero-order valence-electron chi connectivity index (χ0n) is 15.5. The molecule has 6 nitrogen and oxygen atoms in total. The number of rotatable bonds is 3. The van der Waals surface area contributed by atoms with Crippen LogP contribution in [0.5, 0.6) is 0 Å². The third-order valence-electron chi connectivity index (χ3n) is 4.09. The Morgan fingerprint density at radius 2 is 1.92 bits per heavy atom. The van der Waals surface area contributed by atoms with Gasteiger partial charge in [0.15, 0.2) is 0 Å². The summed E-state index contributed by atoms with van der Waals surface area (Å²) in [6, 6.07) is 9.53. The van der Waals surface area contributed by atoms with Crippen LogP contribution in [-0.2, 0) is 16.1 Å². The molecule has 1 unspecified atom stereocenters. The summed E-state index contributed by atoms with van der Waals surface area (Å²) in [5, 5.41) is 0. The lowest BCUT2D eigenvalue weighted by atomic mass is 10.1. The van der Waals surface area contributed by atoms with Crippen molar-refractivity contribution in [3.05, 3.63) is 35.9 Å². The maximum atomic E-state index is 12.3. The molecule has 2 amide bonds. The molecule has 0 N–H and O–H groups in total. The zero-order chi connectivity index (χ0) is 18.4. The van der Waals surface area contributed by atoms with Crippen LogP contribution in [0.3, 0.4) is 0 Å². The Morgan fingerprint density at radius 3 is 2.56 bits per heavy atom. The van der Waals surface area contributed by atoms with E-state index in [1.165, 1.54) is 0 Å². The van der Waals surface area contributed by atoms with Crippen molar-refractivity contribution >= 4 is 12.2 Å². The van der Waals surface area contributed by atoms with Crippen LogP contribution in [0.1, 0.15) is 39.2 Å². The topological polar surface area (TPSA) is 59.1 Å². The molecule has 0 aromatic heterocycles. The van der Waals surface area contributed by atoms with Gasteiger partial charge < -0.3 is 19.3 Å². The third kappa shape index (κ3) is 5.96. The molecule has 138 valence electrons. The number of benzene rings is 1. The summed E-state index contributed by atoms with van der Waals surface area (Å²) in [6.45, 7) is 6.88. The Hall–Kier alpha value is -2.24. The summed E-state index contributed by atoms with van der Waals surface area (Å²) in [5.41, 5.74) is 0.421. The fourth-order valence-electron chi connectivity index (χ4n) is 2.73. The monoisotopic (exact) mass is 348 g/mol. The van der Waals surface area contributed by atoms with E-state index in [2.05, 4.69) is 0 Å². The van der Waals surface area contributed by atoms with E-state index in [-0.39, 0.29) is 24.8 Å². The van der Waals surface area contributed by atoms with Gasteiger partial charge in [0.25, 0.3) is 0 Å². The second-order valence-electron chi connectivity index (χ2n) is 7.37. The number of amides is 2. The van der Waals surface area contributed by atoms with E-state index in [1.807, 2.05) is 51.1 Å². The van der Waals surface area contributed by atoms with Gasteiger partial charge in [-0.05, 0) is 39.2 Å². The Bertz CT molecular complexity index is 583. The van der Waals surface area contributed by atoms with Crippen LogP contribution in [0.2, 0.25) is 0 Å². The van der Waals surface area contributed by atoms with Gasteiger partial charge in [-0.25, -0.2) is 9.59 Å². The maximum absolute atomic E-state index is 12.3. The fourth-order valence-corrected chi connectivity index (χ4v) is 2.73. The number of ether oxygens (including phenoxy) is 2. The van der Waals surface area contributed by atoms with Gasteiger partial charge in [-0.3, -0.25) is 0 Å². The van der Waals surface area contributed by atoms with Crippen LogP contribution in [0, 0.1) is 0 Å². The zero-order valence-corrected chi connectivity index (χ0v) is 15.5. The molecule has 1 saturated heterocycles. The number of carbonyl (C=O) groups excluding carboxylic acids is 2. The van der Waals surface area contributed by atoms with Gasteiger partial charge in [-0.1, -0.05) is 30.3 Å². The van der Waals surface area contributed by atoms with Crippen LogP contribution in [-0.4, -0.2) is 53.8 Å². The minimum atomic E-state index is -0.533. The van der Waals surface area contributed by atoms with E-state index in [0.29, 0.717) is 13.1 Å². The summed E-state index contributed by atoms with van der Waals surface area (Å²) in [5.74, 6) is 0. The summed E-state index contributed by atoms with van der Waals surface area (Å²) in [6.07, 6.45) is 0.972. The molecule has 1 heterocycles. The normalized spacial score (nSPS) is 17.8. The van der Waals surface area contributed by atoms with Crippen molar-refractivity contribution in [3.63, 3.8) is 0 Å². The molecule has 1 aliphatic heterocycles. The summed E-state index contributed by atoms with van der Waals surface area (Å²) in [7, 11) is 1.72. The predicted octanol–water partition coefficient (Wildman–Crippen LogP) is 3.65. The number of hydrogen-bond acceptors (Lipinski definition) is 4. The Labute approximate surface area is 149 Å². The highest BCUT2D eigenvalue weighted by molar-refractivity contribution is 5.69. The highest BCUT2D eigenvalue weighted by atomic mass is 16.6. The molecular formula is C19H28N2O4. The Morgan fingerprint density at radius 1 is 1.24 bits per heavy atom. The van der Waals surface area contributed by atoms with Crippen LogP contribution >= 0.6 is 0 Å². The first kappa shape index (κ1) is 19.1. The maximum Gasteiger partial charge on any atom is 0.410 e. The molecule has 0 bridgehead atoms. The van der Waals surface area contributed by atoms with E-state index in [1.54, 1.807) is 16.8 Å². The quantitative estimate of drug-likeness (QED) is 0.836. The van der Waals surface area contributed by atoms with E-state index in [9.17, 15) is 9.59 Å². The highest BCUT2D eigenvalue weighted by Gasteiger charge is 2.31. The molecule has 0 saturated carbocycles. The summed E-state index contributed by atoms with van der Waals surface area (Å²) < 4.78 is 10.8. The Balaban J connectivity index is 1.87. The molecular weight excluding hydrogens is 320 g/mol. The smallest absolute Gasteiger partial charge is 0.410 e. The molecule has 0 spiro atoms. The van der Waals surface area contributed by atoms with Crippen LogP contribution < -0.4 is 0 Å². The number of nitrogens with zero attached hydrogens (tertiary/aromatic N) is 2. The number of piperidine rings is 1. The highest BCUT2D eigenvalue weighted by Crippen LogP contribution is 2.18. The van der Waals surface area contributed by atoms with E-state index >= 15 is 0 Å². The van der Waals surface area contributed by atoms with Crippen LogP contribution in [0.4, 0.5) is 9.59 Å². The summed E-state index contributed by atoms with van der Waals surface area (Å²) in [4.78, 5) is 27.8. The molecule has 25 heavy (non-hydrogen) atoms. The molecule has 1 atom stereocenters. The van der Waals surface area contributed by atoms with Gasteiger partial charge in [0.05, 0.1) is 6.04 Å². The van der Waals surface area contributed by atoms with Gasteiger partial charge in [0.1, 0.15) is 12.2 Å². The van der Waals surface area contributed by atoms with Crippen molar-refractivity contribution in [1.29, 1.82) is 0 Å². The van der Waals surface area contributed by atoms with E-state index in [4.69, 9.17) is 9.47 Å². The largest absolute Gasteiger partial charge is 0.445 e. The lowest BCUT2D eigenvalue weighted by Crippen LogP contribution is -2.51. The lowest BCUT2D eigenvalue weighted by molar-refractivity contribution is 0.0118. The molecule has 0 aliphatic carbocycles. The van der Waals surface area contributed by atoms with Gasteiger partial charge >= 0.3 is 12.2 Å². The Kier molecular flexibility index (Phi) is 6.28. The van der Waals surface area contributed by atoms with E-state index < -0.39 is 5.60 Å². The SMILES string of the molecule is CN(C(=O)OC(C)(C)C)C1CCCN(C(=O)OCc2ccccc2)C1. The average molecular weight is 348 g/mol. The van der Waals surface area contributed by atoms with Crippen molar-refractivity contribution in [2.45, 2.75) is 51.9 Å². The van der Waals surface area contributed by atoms with Crippen LogP contribution in [0.15, 0.2) is 30.3 Å². The molecule has 1 aromatic rings. The standard InChI is InChI=1S/C19H28N2O4/c1-19(2,3)25-17(22)20(4)16-11-8-12-21(13-16)18(23)24-14-15-9-6-5-7-10-15/h5-7,9-10,16H,8,11-14H2,1-4H3. The van der Waals surface area contributed by atoms with Crippen LogP contribution in [0.25, 0.3) is 0 Å². The molecule has 1 fully saturated rings. The first-order valence-electron chi connectivity index (χ1n) is 8.68. The third-order valence-corrected chi connectivity index (χ3v) is 4.09. The van der Waals surface area contributed by atoms with Gasteiger partial charge in [0, 0.05) is 20.1 Å². The van der Waals surface area contributed by atoms with Crippen molar-refractivity contribution in [2.75, 3.05) is 20.1 Å².